The van der Waals surface area contributed by atoms with Gasteiger partial charge in [0.05, 0.1) is 32.3 Å². The molecule has 3 rings (SSSR count). The molecule has 0 unspecified atom stereocenters. The zero-order chi connectivity index (χ0) is 20.3. The first-order valence-electron chi connectivity index (χ1n) is 8.15. The van der Waals surface area contributed by atoms with Gasteiger partial charge in [0, 0.05) is 18.2 Å². The van der Waals surface area contributed by atoms with Gasteiger partial charge in [0.15, 0.2) is 5.82 Å². The smallest absolute Gasteiger partial charge is 0.243 e. The van der Waals surface area contributed by atoms with Crippen LogP contribution in [0.25, 0.3) is 5.69 Å². The predicted octanol–water partition coefficient (Wildman–Crippen LogP) is 2.09. The summed E-state index contributed by atoms with van der Waals surface area (Å²) in [6.07, 6.45) is 2.02. The highest BCUT2D eigenvalue weighted by atomic mass is 32.2. The summed E-state index contributed by atoms with van der Waals surface area (Å²) in [7, 11) is -0.986. The molecule has 0 saturated heterocycles. The first-order valence-corrected chi connectivity index (χ1v) is 9.63. The van der Waals surface area contributed by atoms with Gasteiger partial charge in [0.1, 0.15) is 22.1 Å². The maximum atomic E-state index is 13.4. The van der Waals surface area contributed by atoms with Gasteiger partial charge in [-0.2, -0.15) is 5.10 Å². The van der Waals surface area contributed by atoms with E-state index in [0.717, 1.165) is 17.1 Å². The van der Waals surface area contributed by atoms with E-state index in [4.69, 9.17) is 15.2 Å². The predicted molar refractivity (Wildman–Crippen MR) is 102 cm³/mol. The van der Waals surface area contributed by atoms with Crippen LogP contribution in [0.3, 0.4) is 0 Å². The van der Waals surface area contributed by atoms with Crippen LogP contribution in [0.5, 0.6) is 11.5 Å². The second kappa shape index (κ2) is 7.87. The lowest BCUT2D eigenvalue weighted by atomic mass is 10.2. The SMILES string of the molecule is COc1ccc(CNS(=O)(=O)c2cccc(N)c2-n2cc(F)cn2)c(OC)c1. The largest absolute Gasteiger partial charge is 0.497 e. The molecule has 2 aromatic carbocycles. The van der Waals surface area contributed by atoms with E-state index in [1.54, 1.807) is 18.2 Å². The van der Waals surface area contributed by atoms with Crippen molar-refractivity contribution in [2.24, 2.45) is 0 Å². The number of nitrogens with zero attached hydrogens (tertiary/aromatic N) is 2. The number of rotatable bonds is 7. The lowest BCUT2D eigenvalue weighted by molar-refractivity contribution is 0.390. The number of sulfonamides is 1. The molecule has 0 atom stereocenters. The van der Waals surface area contributed by atoms with Crippen LogP contribution in [0.1, 0.15) is 5.56 Å². The molecular weight excluding hydrogens is 387 g/mol. The van der Waals surface area contributed by atoms with Gasteiger partial charge >= 0.3 is 0 Å². The highest BCUT2D eigenvalue weighted by Crippen LogP contribution is 2.28. The minimum absolute atomic E-state index is 0.0305. The minimum Gasteiger partial charge on any atom is -0.497 e. The fourth-order valence-electron chi connectivity index (χ4n) is 2.67. The standard InChI is InChI=1S/C18H19FN4O4S/c1-26-14-7-6-12(16(8-14)27-2)9-22-28(24,25)17-5-3-4-15(20)18(17)23-11-13(19)10-21-23/h3-8,10-11,22H,9,20H2,1-2H3. The fourth-order valence-corrected chi connectivity index (χ4v) is 3.90. The Morgan fingerprint density at radius 1 is 1.21 bits per heavy atom. The number of halogens is 1. The number of nitrogens with two attached hydrogens (primary N) is 1. The second-order valence-electron chi connectivity index (χ2n) is 5.80. The van der Waals surface area contributed by atoms with Crippen LogP contribution in [0.2, 0.25) is 0 Å². The highest BCUT2D eigenvalue weighted by Gasteiger charge is 2.22. The number of anilines is 1. The Hall–Kier alpha value is -3.11. The third-order valence-electron chi connectivity index (χ3n) is 4.05. The number of para-hydroxylation sites is 1. The monoisotopic (exact) mass is 406 g/mol. The van der Waals surface area contributed by atoms with Crippen molar-refractivity contribution in [3.8, 4) is 17.2 Å². The van der Waals surface area contributed by atoms with E-state index >= 15 is 0 Å². The molecular formula is C18H19FN4O4S. The third-order valence-corrected chi connectivity index (χ3v) is 5.48. The molecule has 0 fully saturated rings. The highest BCUT2D eigenvalue weighted by molar-refractivity contribution is 7.89. The summed E-state index contributed by atoms with van der Waals surface area (Å²) < 4.78 is 53.2. The Labute approximate surface area is 161 Å². The van der Waals surface area contributed by atoms with Crippen molar-refractivity contribution in [3.63, 3.8) is 0 Å². The molecule has 1 heterocycles. The average Bonchev–Trinajstić information content (AvgIpc) is 3.11. The number of aromatic nitrogens is 2. The molecule has 10 heteroatoms. The molecule has 0 spiro atoms. The van der Waals surface area contributed by atoms with E-state index in [-0.39, 0.29) is 22.8 Å². The zero-order valence-corrected chi connectivity index (χ0v) is 16.0. The number of nitrogens with one attached hydrogen (secondary N) is 1. The molecule has 1 aromatic heterocycles. The van der Waals surface area contributed by atoms with Gasteiger partial charge in [-0.3, -0.25) is 0 Å². The Bertz CT molecular complexity index is 1100. The van der Waals surface area contributed by atoms with Gasteiger partial charge in [-0.15, -0.1) is 0 Å². The van der Waals surface area contributed by atoms with E-state index in [1.165, 1.54) is 32.4 Å². The molecule has 0 aliphatic carbocycles. The van der Waals surface area contributed by atoms with Gasteiger partial charge < -0.3 is 15.2 Å². The van der Waals surface area contributed by atoms with Gasteiger partial charge in [0.25, 0.3) is 0 Å². The molecule has 148 valence electrons. The molecule has 0 radical (unpaired) electrons. The molecule has 0 saturated carbocycles. The van der Waals surface area contributed by atoms with E-state index in [0.29, 0.717) is 17.1 Å². The van der Waals surface area contributed by atoms with Crippen molar-refractivity contribution in [1.29, 1.82) is 0 Å². The first-order chi connectivity index (χ1) is 13.4. The van der Waals surface area contributed by atoms with Crippen molar-refractivity contribution < 1.29 is 22.3 Å². The lowest BCUT2D eigenvalue weighted by Crippen LogP contribution is -2.25. The van der Waals surface area contributed by atoms with Crippen molar-refractivity contribution in [2.45, 2.75) is 11.4 Å². The first kappa shape index (κ1) is 19.6. The quantitative estimate of drug-likeness (QED) is 0.582. The molecule has 0 aliphatic heterocycles. The maximum absolute atomic E-state index is 13.4. The Morgan fingerprint density at radius 3 is 2.64 bits per heavy atom. The van der Waals surface area contributed by atoms with Gasteiger partial charge in [-0.25, -0.2) is 22.2 Å². The normalized spacial score (nSPS) is 11.4. The summed E-state index contributed by atoms with van der Waals surface area (Å²) in [4.78, 5) is -0.122. The number of nitrogen functional groups attached to an aromatic ring is 1. The Balaban J connectivity index is 1.94. The third kappa shape index (κ3) is 3.92. The van der Waals surface area contributed by atoms with Crippen LogP contribution in [-0.4, -0.2) is 32.4 Å². The average molecular weight is 406 g/mol. The number of benzene rings is 2. The summed E-state index contributed by atoms with van der Waals surface area (Å²) in [5.41, 5.74) is 6.76. The van der Waals surface area contributed by atoms with E-state index in [9.17, 15) is 12.8 Å². The molecule has 28 heavy (non-hydrogen) atoms. The molecule has 0 aliphatic rings. The second-order valence-corrected chi connectivity index (χ2v) is 7.53. The summed E-state index contributed by atoms with van der Waals surface area (Å²) in [6, 6.07) is 9.44. The van der Waals surface area contributed by atoms with E-state index in [1.807, 2.05) is 0 Å². The fraction of sp³-hybridized carbons (Fsp3) is 0.167. The molecule has 3 N–H and O–H groups in total. The maximum Gasteiger partial charge on any atom is 0.243 e. The van der Waals surface area contributed by atoms with Crippen LogP contribution in [0.4, 0.5) is 10.1 Å². The Kier molecular flexibility index (Phi) is 5.52. The van der Waals surface area contributed by atoms with Crippen LogP contribution in [-0.2, 0) is 16.6 Å². The summed E-state index contributed by atoms with van der Waals surface area (Å²) >= 11 is 0. The Morgan fingerprint density at radius 2 is 2.00 bits per heavy atom. The van der Waals surface area contributed by atoms with Crippen LogP contribution in [0, 0.1) is 5.82 Å². The summed E-state index contributed by atoms with van der Waals surface area (Å²) in [6.45, 7) is -0.0305. The van der Waals surface area contributed by atoms with Gasteiger partial charge in [-0.05, 0) is 18.2 Å². The molecule has 0 bridgehead atoms. The zero-order valence-electron chi connectivity index (χ0n) is 15.2. The van der Waals surface area contributed by atoms with E-state index < -0.39 is 15.8 Å². The lowest BCUT2D eigenvalue weighted by Gasteiger charge is -2.15. The molecule has 8 nitrogen and oxygen atoms in total. The van der Waals surface area contributed by atoms with Crippen LogP contribution in [0.15, 0.2) is 53.7 Å². The number of ether oxygens (including phenoxy) is 2. The van der Waals surface area contributed by atoms with Crippen molar-refractivity contribution in [1.82, 2.24) is 14.5 Å². The van der Waals surface area contributed by atoms with Crippen molar-refractivity contribution in [2.75, 3.05) is 20.0 Å². The van der Waals surface area contributed by atoms with Crippen LogP contribution < -0.4 is 19.9 Å². The number of hydrogen-bond donors (Lipinski definition) is 2. The van der Waals surface area contributed by atoms with Crippen molar-refractivity contribution >= 4 is 15.7 Å². The van der Waals surface area contributed by atoms with Crippen LogP contribution >= 0.6 is 0 Å². The van der Waals surface area contributed by atoms with Gasteiger partial charge in [-0.1, -0.05) is 12.1 Å². The topological polar surface area (TPSA) is 108 Å². The van der Waals surface area contributed by atoms with Crippen molar-refractivity contribution in [3.05, 3.63) is 60.2 Å². The van der Waals surface area contributed by atoms with E-state index in [2.05, 4.69) is 9.82 Å². The van der Waals surface area contributed by atoms with Gasteiger partial charge in [0.2, 0.25) is 10.0 Å². The summed E-state index contributed by atoms with van der Waals surface area (Å²) in [5, 5.41) is 3.82. The minimum atomic E-state index is -3.99. The number of methoxy groups -OCH3 is 2. The summed E-state index contributed by atoms with van der Waals surface area (Å²) in [5.74, 6) is 0.453. The molecule has 3 aromatic rings. The molecule has 0 amide bonds. The number of hydrogen-bond acceptors (Lipinski definition) is 6.